The summed E-state index contributed by atoms with van der Waals surface area (Å²) in [6.45, 7) is 4.22. The van der Waals surface area contributed by atoms with E-state index in [1.165, 1.54) is 5.56 Å². The third-order valence-electron chi connectivity index (χ3n) is 6.19. The zero-order valence-corrected chi connectivity index (χ0v) is 20.3. The van der Waals surface area contributed by atoms with E-state index in [1.54, 1.807) is 12.1 Å². The summed E-state index contributed by atoms with van der Waals surface area (Å²) in [5.41, 5.74) is 3.95. The van der Waals surface area contributed by atoms with E-state index in [-0.39, 0.29) is 12.5 Å². The van der Waals surface area contributed by atoms with Crippen molar-refractivity contribution in [3.63, 3.8) is 0 Å². The number of carbonyl (C=O) groups excluding carboxylic acids is 1. The second-order valence-electron chi connectivity index (χ2n) is 8.56. The number of nitrogens with one attached hydrogen (secondary N) is 1. The highest BCUT2D eigenvalue weighted by atomic mass is 35.5. The van der Waals surface area contributed by atoms with Crippen LogP contribution in [0.4, 0.5) is 5.69 Å². The Morgan fingerprint density at radius 1 is 1.06 bits per heavy atom. The minimum absolute atomic E-state index is 0.143. The molecule has 1 N–H and O–H groups in total. The number of benzene rings is 4. The summed E-state index contributed by atoms with van der Waals surface area (Å²) in [5, 5.41) is 5.26. The average molecular weight is 485 g/mol. The highest BCUT2D eigenvalue weighted by molar-refractivity contribution is 6.33. The second kappa shape index (κ2) is 9.80. The smallest absolute Gasteiger partial charge is 0.262 e. The quantitative estimate of drug-likeness (QED) is 0.255. The molecule has 0 aliphatic heterocycles. The number of amides is 1. The van der Waals surface area contributed by atoms with Gasteiger partial charge in [0.25, 0.3) is 5.91 Å². The molecule has 0 spiro atoms. The number of fused-ring (bicyclic) bond motifs is 2. The van der Waals surface area contributed by atoms with Crippen LogP contribution >= 0.6 is 11.6 Å². The van der Waals surface area contributed by atoms with Gasteiger partial charge in [0.05, 0.1) is 10.7 Å². The first kappa shape index (κ1) is 22.9. The predicted molar refractivity (Wildman–Crippen MR) is 141 cm³/mol. The van der Waals surface area contributed by atoms with Gasteiger partial charge in [0.15, 0.2) is 12.2 Å². The Balaban J connectivity index is 1.33. The molecule has 5 nitrogen and oxygen atoms in total. The maximum Gasteiger partial charge on any atom is 0.262 e. The lowest BCUT2D eigenvalue weighted by Gasteiger charge is -2.11. The molecule has 1 atom stereocenters. The summed E-state index contributed by atoms with van der Waals surface area (Å²) < 4.78 is 11.8. The van der Waals surface area contributed by atoms with Crippen molar-refractivity contribution < 1.29 is 13.9 Å². The van der Waals surface area contributed by atoms with Gasteiger partial charge in [0, 0.05) is 10.9 Å². The van der Waals surface area contributed by atoms with Crippen molar-refractivity contribution in [2.45, 2.75) is 26.2 Å². The standard InChI is InChI=1S/C29H25ClN2O3/c1-3-18(2)20-12-14-27-25(15-20)32-29(35-27)21-11-13-23(30)24(16-21)31-28(33)17-34-26-10-6-8-19-7-4-5-9-22(19)26/h4-16,18H,3,17H2,1-2H3,(H,31,33)/t18-/m1/s1. The van der Waals surface area contributed by atoms with Crippen molar-refractivity contribution in [3.05, 3.63) is 89.4 Å². The van der Waals surface area contributed by atoms with E-state index < -0.39 is 0 Å². The van der Waals surface area contributed by atoms with Crippen molar-refractivity contribution in [1.82, 2.24) is 4.98 Å². The molecule has 0 saturated heterocycles. The van der Waals surface area contributed by atoms with Gasteiger partial charge in [-0.05, 0) is 59.7 Å². The van der Waals surface area contributed by atoms with Crippen molar-refractivity contribution in [2.24, 2.45) is 0 Å². The van der Waals surface area contributed by atoms with Crippen LogP contribution in [-0.2, 0) is 4.79 Å². The fourth-order valence-corrected chi connectivity index (χ4v) is 4.18. The van der Waals surface area contributed by atoms with Crippen LogP contribution < -0.4 is 10.1 Å². The summed E-state index contributed by atoms with van der Waals surface area (Å²) in [5.74, 6) is 1.27. The summed E-state index contributed by atoms with van der Waals surface area (Å²) in [7, 11) is 0. The van der Waals surface area contributed by atoms with Gasteiger partial charge in [0.1, 0.15) is 11.3 Å². The fraction of sp³-hybridized carbons (Fsp3) is 0.172. The van der Waals surface area contributed by atoms with Gasteiger partial charge in [-0.1, -0.05) is 67.9 Å². The maximum atomic E-state index is 12.7. The van der Waals surface area contributed by atoms with Crippen LogP contribution in [0.5, 0.6) is 5.75 Å². The van der Waals surface area contributed by atoms with E-state index in [1.807, 2.05) is 54.6 Å². The van der Waals surface area contributed by atoms with Gasteiger partial charge in [-0.15, -0.1) is 0 Å². The lowest BCUT2D eigenvalue weighted by Crippen LogP contribution is -2.20. The summed E-state index contributed by atoms with van der Waals surface area (Å²) in [6, 6.07) is 25.1. The molecule has 0 unspecified atom stereocenters. The molecule has 1 aromatic heterocycles. The predicted octanol–water partition coefficient (Wildman–Crippen LogP) is 7.83. The minimum Gasteiger partial charge on any atom is -0.483 e. The molecule has 1 amide bonds. The average Bonchev–Trinajstić information content (AvgIpc) is 3.31. The SMILES string of the molecule is CC[C@@H](C)c1ccc2oc(-c3ccc(Cl)c(NC(=O)COc4cccc5ccccc45)c3)nc2c1. The van der Waals surface area contributed by atoms with Crippen LogP contribution in [-0.4, -0.2) is 17.5 Å². The number of nitrogens with zero attached hydrogens (tertiary/aromatic N) is 1. The number of oxazole rings is 1. The van der Waals surface area contributed by atoms with Crippen molar-refractivity contribution in [1.29, 1.82) is 0 Å². The Kier molecular flexibility index (Phi) is 6.43. The minimum atomic E-state index is -0.312. The third kappa shape index (κ3) is 4.86. The molecule has 35 heavy (non-hydrogen) atoms. The van der Waals surface area contributed by atoms with Gasteiger partial charge in [0.2, 0.25) is 5.89 Å². The number of aromatic nitrogens is 1. The molecule has 0 bridgehead atoms. The maximum absolute atomic E-state index is 12.7. The van der Waals surface area contributed by atoms with Crippen LogP contribution in [0.15, 0.2) is 83.3 Å². The van der Waals surface area contributed by atoms with Gasteiger partial charge in [-0.25, -0.2) is 4.98 Å². The topological polar surface area (TPSA) is 64.4 Å². The van der Waals surface area contributed by atoms with Crippen LogP contribution in [0.2, 0.25) is 5.02 Å². The van der Waals surface area contributed by atoms with Gasteiger partial charge < -0.3 is 14.5 Å². The van der Waals surface area contributed by atoms with Gasteiger partial charge in [-0.3, -0.25) is 4.79 Å². The Labute approximate surface area is 208 Å². The largest absolute Gasteiger partial charge is 0.483 e. The molecule has 6 heteroatoms. The number of hydrogen-bond donors (Lipinski definition) is 1. The summed E-state index contributed by atoms with van der Waals surface area (Å²) in [4.78, 5) is 17.3. The molecule has 5 aromatic rings. The zero-order valence-electron chi connectivity index (χ0n) is 19.5. The summed E-state index contributed by atoms with van der Waals surface area (Å²) in [6.07, 6.45) is 1.06. The van der Waals surface area contributed by atoms with E-state index in [2.05, 4.69) is 36.3 Å². The third-order valence-corrected chi connectivity index (χ3v) is 6.52. The number of carbonyl (C=O) groups is 1. The number of anilines is 1. The monoisotopic (exact) mass is 484 g/mol. The molecular formula is C29H25ClN2O3. The van der Waals surface area contributed by atoms with E-state index in [4.69, 9.17) is 20.8 Å². The van der Waals surface area contributed by atoms with E-state index in [0.29, 0.717) is 28.3 Å². The van der Waals surface area contributed by atoms with Gasteiger partial charge >= 0.3 is 0 Å². The Hall–Kier alpha value is -3.83. The van der Waals surface area contributed by atoms with Crippen LogP contribution in [0.3, 0.4) is 0 Å². The summed E-state index contributed by atoms with van der Waals surface area (Å²) >= 11 is 6.37. The van der Waals surface area contributed by atoms with Crippen LogP contribution in [0.1, 0.15) is 31.7 Å². The second-order valence-corrected chi connectivity index (χ2v) is 8.97. The number of rotatable bonds is 7. The van der Waals surface area contributed by atoms with Crippen LogP contribution in [0, 0.1) is 0 Å². The Morgan fingerprint density at radius 2 is 1.89 bits per heavy atom. The molecule has 4 aromatic carbocycles. The lowest BCUT2D eigenvalue weighted by molar-refractivity contribution is -0.118. The van der Waals surface area contributed by atoms with E-state index in [0.717, 1.165) is 33.9 Å². The molecule has 0 saturated carbocycles. The molecule has 0 radical (unpaired) electrons. The van der Waals surface area contributed by atoms with Crippen molar-refractivity contribution in [2.75, 3.05) is 11.9 Å². The highest BCUT2D eigenvalue weighted by Gasteiger charge is 2.14. The first-order chi connectivity index (χ1) is 17.0. The first-order valence-electron chi connectivity index (χ1n) is 11.6. The number of ether oxygens (including phenoxy) is 1. The number of hydrogen-bond acceptors (Lipinski definition) is 4. The molecule has 0 aliphatic carbocycles. The lowest BCUT2D eigenvalue weighted by atomic mass is 9.98. The van der Waals surface area contributed by atoms with E-state index >= 15 is 0 Å². The molecular weight excluding hydrogens is 460 g/mol. The molecule has 0 fully saturated rings. The first-order valence-corrected chi connectivity index (χ1v) is 12.0. The Bertz CT molecular complexity index is 1520. The normalized spacial score (nSPS) is 12.1. The Morgan fingerprint density at radius 3 is 2.74 bits per heavy atom. The van der Waals surface area contributed by atoms with Crippen LogP contribution in [0.25, 0.3) is 33.3 Å². The molecule has 5 rings (SSSR count). The molecule has 0 aliphatic rings. The highest BCUT2D eigenvalue weighted by Crippen LogP contribution is 2.32. The van der Waals surface area contributed by atoms with Gasteiger partial charge in [-0.2, -0.15) is 0 Å². The molecule has 1 heterocycles. The fourth-order valence-electron chi connectivity index (χ4n) is 4.02. The van der Waals surface area contributed by atoms with Crippen molar-refractivity contribution in [3.8, 4) is 17.2 Å². The zero-order chi connectivity index (χ0) is 24.4. The number of halogens is 1. The van der Waals surface area contributed by atoms with Crippen molar-refractivity contribution >= 4 is 45.1 Å². The molecule has 176 valence electrons. The van der Waals surface area contributed by atoms with E-state index in [9.17, 15) is 4.79 Å².